The SMILES string of the molecule is CS(=O)(=O)Cc1cc(F)ccc1NC(=O)c1ccc(OCC2CC2)nc1. The molecule has 1 aliphatic carbocycles. The molecule has 0 spiro atoms. The highest BCUT2D eigenvalue weighted by atomic mass is 32.2. The summed E-state index contributed by atoms with van der Waals surface area (Å²) in [5.74, 6) is -0.348. The molecule has 138 valence electrons. The molecule has 26 heavy (non-hydrogen) atoms. The van der Waals surface area contributed by atoms with Crippen LogP contribution in [0.15, 0.2) is 36.5 Å². The first-order chi connectivity index (χ1) is 12.3. The Labute approximate surface area is 151 Å². The van der Waals surface area contributed by atoms with E-state index in [4.69, 9.17) is 4.74 Å². The van der Waals surface area contributed by atoms with Crippen molar-refractivity contribution in [2.75, 3.05) is 18.2 Å². The number of anilines is 1. The van der Waals surface area contributed by atoms with Gasteiger partial charge in [0.25, 0.3) is 5.91 Å². The Morgan fingerprint density at radius 1 is 1.31 bits per heavy atom. The number of sulfone groups is 1. The van der Waals surface area contributed by atoms with Gasteiger partial charge in [-0.15, -0.1) is 0 Å². The predicted octanol–water partition coefficient (Wildman–Crippen LogP) is 2.81. The number of ether oxygens (including phenoxy) is 1. The fourth-order valence-corrected chi connectivity index (χ4v) is 3.17. The molecule has 1 N–H and O–H groups in total. The number of carbonyl (C=O) groups is 1. The average molecular weight is 378 g/mol. The Hall–Kier alpha value is -2.48. The zero-order valence-electron chi connectivity index (χ0n) is 14.2. The first kappa shape index (κ1) is 18.3. The van der Waals surface area contributed by atoms with Crippen molar-refractivity contribution in [1.82, 2.24) is 4.98 Å². The van der Waals surface area contributed by atoms with Gasteiger partial charge in [-0.2, -0.15) is 0 Å². The van der Waals surface area contributed by atoms with E-state index in [0.29, 0.717) is 24.0 Å². The minimum absolute atomic E-state index is 0.193. The van der Waals surface area contributed by atoms with Gasteiger partial charge in [0.15, 0.2) is 9.84 Å². The summed E-state index contributed by atoms with van der Waals surface area (Å²) in [7, 11) is -3.38. The Morgan fingerprint density at radius 3 is 2.69 bits per heavy atom. The molecule has 0 aliphatic heterocycles. The number of carbonyl (C=O) groups excluding carboxylic acids is 1. The van der Waals surface area contributed by atoms with E-state index in [9.17, 15) is 17.6 Å². The number of nitrogens with zero attached hydrogens (tertiary/aromatic N) is 1. The Balaban J connectivity index is 1.70. The summed E-state index contributed by atoms with van der Waals surface area (Å²) in [5, 5.41) is 2.61. The van der Waals surface area contributed by atoms with Crippen LogP contribution >= 0.6 is 0 Å². The second-order valence-electron chi connectivity index (χ2n) is 6.47. The van der Waals surface area contributed by atoms with Crippen LogP contribution in [-0.2, 0) is 15.6 Å². The van der Waals surface area contributed by atoms with Crippen LogP contribution in [0.4, 0.5) is 10.1 Å². The smallest absolute Gasteiger partial charge is 0.257 e. The van der Waals surface area contributed by atoms with E-state index in [2.05, 4.69) is 10.3 Å². The van der Waals surface area contributed by atoms with Crippen LogP contribution in [0.25, 0.3) is 0 Å². The van der Waals surface area contributed by atoms with E-state index in [1.165, 1.54) is 25.1 Å². The Morgan fingerprint density at radius 2 is 2.08 bits per heavy atom. The van der Waals surface area contributed by atoms with E-state index in [1.807, 2.05) is 0 Å². The topological polar surface area (TPSA) is 85.4 Å². The minimum Gasteiger partial charge on any atom is -0.477 e. The average Bonchev–Trinajstić information content (AvgIpc) is 3.39. The maximum atomic E-state index is 13.4. The van der Waals surface area contributed by atoms with Crippen molar-refractivity contribution in [3.63, 3.8) is 0 Å². The van der Waals surface area contributed by atoms with Crippen molar-refractivity contribution in [2.24, 2.45) is 5.92 Å². The number of aromatic nitrogens is 1. The fraction of sp³-hybridized carbons (Fsp3) is 0.333. The number of amides is 1. The van der Waals surface area contributed by atoms with Gasteiger partial charge >= 0.3 is 0 Å². The lowest BCUT2D eigenvalue weighted by atomic mass is 10.2. The molecule has 1 amide bonds. The van der Waals surface area contributed by atoms with E-state index in [1.54, 1.807) is 12.1 Å². The van der Waals surface area contributed by atoms with Gasteiger partial charge in [-0.25, -0.2) is 17.8 Å². The summed E-state index contributed by atoms with van der Waals surface area (Å²) in [4.78, 5) is 16.5. The molecule has 1 saturated carbocycles. The molecule has 3 rings (SSSR count). The number of halogens is 1. The molecule has 1 aromatic heterocycles. The molecule has 0 bridgehead atoms. The van der Waals surface area contributed by atoms with Crippen LogP contribution in [-0.4, -0.2) is 32.2 Å². The summed E-state index contributed by atoms with van der Waals surface area (Å²) < 4.78 is 42.0. The van der Waals surface area contributed by atoms with Crippen LogP contribution in [0, 0.1) is 11.7 Å². The molecule has 1 aromatic carbocycles. The van der Waals surface area contributed by atoms with Crippen LogP contribution in [0.5, 0.6) is 5.88 Å². The molecule has 0 saturated heterocycles. The van der Waals surface area contributed by atoms with Gasteiger partial charge in [0.1, 0.15) is 5.82 Å². The van der Waals surface area contributed by atoms with Gasteiger partial charge in [-0.1, -0.05) is 0 Å². The molecule has 2 aromatic rings. The molecule has 0 unspecified atom stereocenters. The Kier molecular flexibility index (Phi) is 5.22. The molecular formula is C18H19FN2O4S. The van der Waals surface area contributed by atoms with Crippen molar-refractivity contribution in [3.8, 4) is 5.88 Å². The Bertz CT molecular complexity index is 909. The summed E-state index contributed by atoms with van der Waals surface area (Å²) >= 11 is 0. The van der Waals surface area contributed by atoms with Gasteiger partial charge in [0.05, 0.1) is 17.9 Å². The quantitative estimate of drug-likeness (QED) is 0.801. The van der Waals surface area contributed by atoms with Gasteiger partial charge < -0.3 is 10.1 Å². The van der Waals surface area contributed by atoms with Crippen LogP contribution in [0.2, 0.25) is 0 Å². The molecule has 1 fully saturated rings. The lowest BCUT2D eigenvalue weighted by Gasteiger charge is -2.11. The number of hydrogen-bond donors (Lipinski definition) is 1. The van der Waals surface area contributed by atoms with E-state index >= 15 is 0 Å². The van der Waals surface area contributed by atoms with Gasteiger partial charge in [0.2, 0.25) is 5.88 Å². The lowest BCUT2D eigenvalue weighted by molar-refractivity contribution is 0.102. The van der Waals surface area contributed by atoms with Crippen molar-refractivity contribution in [3.05, 3.63) is 53.5 Å². The third-order valence-corrected chi connectivity index (χ3v) is 4.73. The first-order valence-corrected chi connectivity index (χ1v) is 10.2. The standard InChI is InChI=1S/C18H19FN2O4S/c1-26(23,24)11-14-8-15(19)5-6-16(14)21-18(22)13-4-7-17(20-9-13)25-10-12-2-3-12/h4-9,12H,2-3,10-11H2,1H3,(H,21,22). The predicted molar refractivity (Wildman–Crippen MR) is 95.4 cm³/mol. The van der Waals surface area contributed by atoms with E-state index < -0.39 is 21.6 Å². The number of nitrogens with one attached hydrogen (secondary N) is 1. The minimum atomic E-state index is -3.38. The van der Waals surface area contributed by atoms with Crippen molar-refractivity contribution < 1.29 is 22.3 Å². The fourth-order valence-electron chi connectivity index (χ4n) is 2.37. The van der Waals surface area contributed by atoms with Crippen molar-refractivity contribution in [2.45, 2.75) is 18.6 Å². The van der Waals surface area contributed by atoms with Crippen LogP contribution in [0.3, 0.4) is 0 Å². The van der Waals surface area contributed by atoms with Crippen molar-refractivity contribution >= 4 is 21.4 Å². The second-order valence-corrected chi connectivity index (χ2v) is 8.61. The first-order valence-electron chi connectivity index (χ1n) is 8.16. The van der Waals surface area contributed by atoms with E-state index in [0.717, 1.165) is 18.4 Å². The highest BCUT2D eigenvalue weighted by molar-refractivity contribution is 7.89. The van der Waals surface area contributed by atoms with Crippen molar-refractivity contribution in [1.29, 1.82) is 0 Å². The zero-order chi connectivity index (χ0) is 18.7. The van der Waals surface area contributed by atoms with Crippen LogP contribution in [0.1, 0.15) is 28.8 Å². The maximum Gasteiger partial charge on any atom is 0.257 e. The molecule has 1 heterocycles. The number of pyridine rings is 1. The highest BCUT2D eigenvalue weighted by Crippen LogP contribution is 2.29. The normalized spacial score (nSPS) is 14.1. The molecule has 0 radical (unpaired) electrons. The number of rotatable bonds is 7. The lowest BCUT2D eigenvalue weighted by Crippen LogP contribution is -2.15. The number of benzene rings is 1. The maximum absolute atomic E-state index is 13.4. The zero-order valence-corrected chi connectivity index (χ0v) is 15.1. The number of hydrogen-bond acceptors (Lipinski definition) is 5. The summed E-state index contributed by atoms with van der Waals surface area (Å²) in [6.45, 7) is 0.628. The van der Waals surface area contributed by atoms with Gasteiger partial charge in [-0.05, 0) is 48.6 Å². The highest BCUT2D eigenvalue weighted by Gasteiger charge is 2.22. The summed E-state index contributed by atoms with van der Waals surface area (Å²) in [6.07, 6.45) is 4.78. The van der Waals surface area contributed by atoms with Gasteiger partial charge in [-0.3, -0.25) is 4.79 Å². The van der Waals surface area contributed by atoms with Gasteiger partial charge in [0, 0.05) is 24.2 Å². The molecule has 6 nitrogen and oxygen atoms in total. The largest absolute Gasteiger partial charge is 0.477 e. The third kappa shape index (κ3) is 5.26. The second kappa shape index (κ2) is 7.41. The third-order valence-electron chi connectivity index (χ3n) is 3.90. The molecule has 1 aliphatic rings. The molecule has 8 heteroatoms. The summed E-state index contributed by atoms with van der Waals surface area (Å²) in [5.41, 5.74) is 0.729. The molecular weight excluding hydrogens is 359 g/mol. The monoisotopic (exact) mass is 378 g/mol. The molecule has 0 atom stereocenters. The summed E-state index contributed by atoms with van der Waals surface area (Å²) in [6, 6.07) is 6.79. The van der Waals surface area contributed by atoms with E-state index in [-0.39, 0.29) is 17.0 Å². The van der Waals surface area contributed by atoms with Crippen LogP contribution < -0.4 is 10.1 Å².